The van der Waals surface area contributed by atoms with E-state index in [9.17, 15) is 0 Å². The maximum absolute atomic E-state index is 6.08. The largest absolute Gasteiger partial charge is 0.497 e. The number of hydrogen-bond acceptors (Lipinski definition) is 3. The molecular weight excluding hydrogens is 342 g/mol. The van der Waals surface area contributed by atoms with E-state index in [0.29, 0.717) is 12.3 Å². The number of hydrogen-bond donors (Lipinski definition) is 1. The number of anilines is 1. The third-order valence-electron chi connectivity index (χ3n) is 3.51. The van der Waals surface area contributed by atoms with E-state index < -0.39 is 0 Å². The third-order valence-corrected chi connectivity index (χ3v) is 4.39. The van der Waals surface area contributed by atoms with Crippen LogP contribution in [0.3, 0.4) is 0 Å². The zero-order valence-corrected chi connectivity index (χ0v) is 13.8. The van der Waals surface area contributed by atoms with Crippen molar-refractivity contribution >= 4 is 32.4 Å². The van der Waals surface area contributed by atoms with Gasteiger partial charge in [0.15, 0.2) is 0 Å². The number of methoxy groups -OCH3 is 1. The van der Waals surface area contributed by atoms with Crippen LogP contribution in [0.1, 0.15) is 5.56 Å². The smallest absolute Gasteiger partial charge is 0.129 e. The summed E-state index contributed by atoms with van der Waals surface area (Å²) >= 11 is 3.54. The van der Waals surface area contributed by atoms with Gasteiger partial charge >= 0.3 is 0 Å². The summed E-state index contributed by atoms with van der Waals surface area (Å²) in [5, 5.41) is 1.97. The molecule has 3 aromatic rings. The summed E-state index contributed by atoms with van der Waals surface area (Å²) in [5.74, 6) is 1.55. The summed E-state index contributed by atoms with van der Waals surface area (Å²) in [7, 11) is 1.65. The van der Waals surface area contributed by atoms with E-state index in [4.69, 9.17) is 15.2 Å². The number of nitrogens with two attached hydrogens (primary N) is 1. The van der Waals surface area contributed by atoms with Crippen LogP contribution in [0, 0.1) is 0 Å². The second-order valence-electron chi connectivity index (χ2n) is 4.96. The molecule has 0 unspecified atom stereocenters. The topological polar surface area (TPSA) is 44.5 Å². The van der Waals surface area contributed by atoms with Crippen molar-refractivity contribution in [2.24, 2.45) is 0 Å². The van der Waals surface area contributed by atoms with Crippen molar-refractivity contribution in [2.75, 3.05) is 12.8 Å². The lowest BCUT2D eigenvalue weighted by Crippen LogP contribution is -1.98. The molecule has 22 heavy (non-hydrogen) atoms. The first-order chi connectivity index (χ1) is 10.7. The molecule has 0 radical (unpaired) electrons. The summed E-state index contributed by atoms with van der Waals surface area (Å²) in [6.07, 6.45) is 0. The van der Waals surface area contributed by atoms with Gasteiger partial charge in [-0.15, -0.1) is 0 Å². The van der Waals surface area contributed by atoms with Gasteiger partial charge in [0.1, 0.15) is 18.1 Å². The van der Waals surface area contributed by atoms with E-state index in [0.717, 1.165) is 32.3 Å². The van der Waals surface area contributed by atoms with E-state index in [1.165, 1.54) is 0 Å². The van der Waals surface area contributed by atoms with Gasteiger partial charge in [0.25, 0.3) is 0 Å². The number of nitrogen functional groups attached to an aromatic ring is 1. The Bertz CT molecular complexity index is 803. The van der Waals surface area contributed by atoms with Crippen LogP contribution in [-0.4, -0.2) is 7.11 Å². The molecule has 0 saturated heterocycles. The lowest BCUT2D eigenvalue weighted by atomic mass is 10.1. The van der Waals surface area contributed by atoms with Crippen molar-refractivity contribution in [3.63, 3.8) is 0 Å². The summed E-state index contributed by atoms with van der Waals surface area (Å²) < 4.78 is 12.1. The molecule has 0 spiro atoms. The molecule has 4 heteroatoms. The fraction of sp³-hybridized carbons (Fsp3) is 0.111. The number of halogens is 1. The highest BCUT2D eigenvalue weighted by molar-refractivity contribution is 9.10. The van der Waals surface area contributed by atoms with Gasteiger partial charge in [-0.25, -0.2) is 0 Å². The monoisotopic (exact) mass is 357 g/mol. The van der Waals surface area contributed by atoms with Crippen molar-refractivity contribution in [3.05, 3.63) is 64.6 Å². The van der Waals surface area contributed by atoms with Crippen LogP contribution in [0.2, 0.25) is 0 Å². The fourth-order valence-electron chi connectivity index (χ4n) is 2.34. The molecule has 0 bridgehead atoms. The molecule has 0 aliphatic carbocycles. The Balaban J connectivity index is 2.00. The molecule has 3 rings (SSSR count). The lowest BCUT2D eigenvalue weighted by Gasteiger charge is -2.13. The quantitative estimate of drug-likeness (QED) is 0.683. The van der Waals surface area contributed by atoms with Crippen molar-refractivity contribution in [3.8, 4) is 11.5 Å². The van der Waals surface area contributed by atoms with Crippen molar-refractivity contribution in [1.29, 1.82) is 0 Å². The van der Waals surface area contributed by atoms with Crippen LogP contribution in [-0.2, 0) is 6.61 Å². The predicted octanol–water partition coefficient (Wildman–Crippen LogP) is 4.77. The lowest BCUT2D eigenvalue weighted by molar-refractivity contribution is 0.310. The number of rotatable bonds is 4. The molecule has 3 nitrogen and oxygen atoms in total. The number of benzene rings is 3. The number of fused-ring (bicyclic) bond motifs is 1. The zero-order chi connectivity index (χ0) is 15.5. The highest BCUT2D eigenvalue weighted by Crippen LogP contribution is 2.38. The standard InChI is InChI=1S/C18H16BrNO2/c1-21-13-7-8-14-15(9-13)18(19)16(20)10-17(14)22-11-12-5-3-2-4-6-12/h2-10H,11,20H2,1H3. The average molecular weight is 358 g/mol. The molecule has 0 atom stereocenters. The Labute approximate surface area is 137 Å². The average Bonchev–Trinajstić information content (AvgIpc) is 2.57. The Morgan fingerprint density at radius 1 is 1.00 bits per heavy atom. The molecule has 0 fully saturated rings. The molecule has 0 amide bonds. The predicted molar refractivity (Wildman–Crippen MR) is 93.4 cm³/mol. The van der Waals surface area contributed by atoms with Gasteiger partial charge in [-0.2, -0.15) is 0 Å². The second kappa shape index (κ2) is 6.28. The van der Waals surface area contributed by atoms with Crippen molar-refractivity contribution in [1.82, 2.24) is 0 Å². The van der Waals surface area contributed by atoms with Crippen LogP contribution in [0.4, 0.5) is 5.69 Å². The van der Waals surface area contributed by atoms with E-state index in [1.54, 1.807) is 7.11 Å². The van der Waals surface area contributed by atoms with Crippen LogP contribution in [0.25, 0.3) is 10.8 Å². The molecule has 3 aromatic carbocycles. The fourth-order valence-corrected chi connectivity index (χ4v) is 2.78. The molecule has 0 aliphatic heterocycles. The third kappa shape index (κ3) is 2.88. The minimum Gasteiger partial charge on any atom is -0.497 e. The first-order valence-corrected chi connectivity index (χ1v) is 7.71. The SMILES string of the molecule is COc1ccc2c(OCc3ccccc3)cc(N)c(Br)c2c1. The molecule has 0 heterocycles. The zero-order valence-electron chi connectivity index (χ0n) is 12.2. The van der Waals surface area contributed by atoms with E-state index in [-0.39, 0.29) is 0 Å². The summed E-state index contributed by atoms with van der Waals surface area (Å²) in [5.41, 5.74) is 7.84. The maximum Gasteiger partial charge on any atom is 0.129 e. The Morgan fingerprint density at radius 3 is 2.50 bits per heavy atom. The van der Waals surface area contributed by atoms with E-state index >= 15 is 0 Å². The minimum absolute atomic E-state index is 0.503. The minimum atomic E-state index is 0.503. The van der Waals surface area contributed by atoms with Gasteiger partial charge in [-0.1, -0.05) is 30.3 Å². The summed E-state index contributed by atoms with van der Waals surface area (Å²) in [6, 6.07) is 17.8. The highest BCUT2D eigenvalue weighted by Gasteiger charge is 2.11. The van der Waals surface area contributed by atoms with E-state index in [2.05, 4.69) is 15.9 Å². The van der Waals surface area contributed by atoms with Gasteiger partial charge in [0.2, 0.25) is 0 Å². The van der Waals surface area contributed by atoms with Crippen LogP contribution in [0.5, 0.6) is 11.5 Å². The molecule has 0 saturated carbocycles. The molecule has 0 aliphatic rings. The first kappa shape index (κ1) is 14.7. The second-order valence-corrected chi connectivity index (χ2v) is 5.76. The van der Waals surface area contributed by atoms with Crippen LogP contribution in [0.15, 0.2) is 59.1 Å². The number of ether oxygens (including phenoxy) is 2. The van der Waals surface area contributed by atoms with Gasteiger partial charge in [0, 0.05) is 21.3 Å². The molecular formula is C18H16BrNO2. The normalized spacial score (nSPS) is 10.6. The molecule has 0 aromatic heterocycles. The molecule has 2 N–H and O–H groups in total. The summed E-state index contributed by atoms with van der Waals surface area (Å²) in [4.78, 5) is 0. The first-order valence-electron chi connectivity index (χ1n) is 6.91. The van der Waals surface area contributed by atoms with Gasteiger partial charge in [-0.3, -0.25) is 0 Å². The van der Waals surface area contributed by atoms with Gasteiger partial charge in [-0.05, 0) is 39.7 Å². The van der Waals surface area contributed by atoms with Crippen LogP contribution < -0.4 is 15.2 Å². The Kier molecular flexibility index (Phi) is 4.20. The van der Waals surface area contributed by atoms with Crippen molar-refractivity contribution in [2.45, 2.75) is 6.61 Å². The highest BCUT2D eigenvalue weighted by atomic mass is 79.9. The van der Waals surface area contributed by atoms with Gasteiger partial charge in [0.05, 0.1) is 12.8 Å². The maximum atomic E-state index is 6.08. The van der Waals surface area contributed by atoms with E-state index in [1.807, 2.05) is 54.6 Å². The summed E-state index contributed by atoms with van der Waals surface area (Å²) in [6.45, 7) is 0.503. The van der Waals surface area contributed by atoms with Crippen LogP contribution >= 0.6 is 15.9 Å². The molecule has 112 valence electrons. The Morgan fingerprint density at radius 2 is 1.77 bits per heavy atom. The van der Waals surface area contributed by atoms with Gasteiger partial charge < -0.3 is 15.2 Å². The van der Waals surface area contributed by atoms with Crippen molar-refractivity contribution < 1.29 is 9.47 Å². The Hall–Kier alpha value is -2.20.